The van der Waals surface area contributed by atoms with Crippen LogP contribution in [0.4, 0.5) is 5.82 Å². The molecule has 0 unspecified atom stereocenters. The fourth-order valence-corrected chi connectivity index (χ4v) is 3.44. The Morgan fingerprint density at radius 3 is 2.45 bits per heavy atom. The molecule has 2 aromatic carbocycles. The van der Waals surface area contributed by atoms with Crippen LogP contribution in [0.15, 0.2) is 54.9 Å². The van der Waals surface area contributed by atoms with Crippen LogP contribution in [0, 0.1) is 0 Å². The van der Waals surface area contributed by atoms with Crippen LogP contribution < -0.4 is 24.4 Å². The van der Waals surface area contributed by atoms with Crippen molar-refractivity contribution in [3.8, 4) is 23.1 Å². The Morgan fingerprint density at radius 1 is 1.00 bits per heavy atom. The van der Waals surface area contributed by atoms with Gasteiger partial charge in [0.25, 0.3) is 11.8 Å². The number of hydrogen-bond acceptors (Lipinski definition) is 8. The summed E-state index contributed by atoms with van der Waals surface area (Å²) in [6.45, 7) is 3.07. The summed E-state index contributed by atoms with van der Waals surface area (Å²) in [6, 6.07) is 12.4. The van der Waals surface area contributed by atoms with Crippen molar-refractivity contribution in [1.29, 1.82) is 0 Å². The lowest BCUT2D eigenvalue weighted by Crippen LogP contribution is -2.37. The molecule has 0 atom stereocenters. The number of rotatable bonds is 8. The first-order valence-electron chi connectivity index (χ1n) is 10.6. The number of nitrogens with zero attached hydrogens (tertiary/aromatic N) is 3. The lowest BCUT2D eigenvalue weighted by atomic mass is 10.1. The van der Waals surface area contributed by atoms with Crippen molar-refractivity contribution in [2.24, 2.45) is 0 Å². The van der Waals surface area contributed by atoms with E-state index in [1.807, 2.05) is 12.1 Å². The average molecular weight is 450 g/mol. The molecule has 1 aliphatic rings. The van der Waals surface area contributed by atoms with Crippen molar-refractivity contribution in [2.75, 3.05) is 45.4 Å². The molecule has 0 bridgehead atoms. The summed E-state index contributed by atoms with van der Waals surface area (Å²) >= 11 is 0. The minimum atomic E-state index is -0.201. The van der Waals surface area contributed by atoms with Crippen LogP contribution in [-0.2, 0) is 11.3 Å². The number of aromatic nitrogens is 2. The maximum atomic E-state index is 12.6. The third-order valence-electron chi connectivity index (χ3n) is 5.22. The molecule has 0 aliphatic carbocycles. The summed E-state index contributed by atoms with van der Waals surface area (Å²) < 4.78 is 22.0. The molecule has 1 fully saturated rings. The van der Waals surface area contributed by atoms with Crippen LogP contribution in [0.5, 0.6) is 23.1 Å². The van der Waals surface area contributed by atoms with Crippen LogP contribution in [0.3, 0.4) is 0 Å². The Morgan fingerprint density at radius 2 is 1.73 bits per heavy atom. The van der Waals surface area contributed by atoms with Gasteiger partial charge in [0.15, 0.2) is 5.82 Å². The predicted molar refractivity (Wildman–Crippen MR) is 122 cm³/mol. The van der Waals surface area contributed by atoms with E-state index in [9.17, 15) is 4.79 Å². The molecule has 1 saturated heterocycles. The second-order valence-corrected chi connectivity index (χ2v) is 7.27. The van der Waals surface area contributed by atoms with E-state index in [1.54, 1.807) is 56.9 Å². The first-order chi connectivity index (χ1) is 16.2. The van der Waals surface area contributed by atoms with Crippen molar-refractivity contribution >= 4 is 11.7 Å². The number of carbonyl (C=O) groups is 1. The molecule has 0 radical (unpaired) electrons. The first kappa shape index (κ1) is 22.3. The minimum absolute atomic E-state index is 0.201. The number of benzene rings is 2. The summed E-state index contributed by atoms with van der Waals surface area (Å²) in [6.07, 6.45) is 3.23. The summed E-state index contributed by atoms with van der Waals surface area (Å²) in [7, 11) is 3.18. The monoisotopic (exact) mass is 450 g/mol. The van der Waals surface area contributed by atoms with E-state index in [4.69, 9.17) is 18.9 Å². The molecule has 9 nitrogen and oxygen atoms in total. The van der Waals surface area contributed by atoms with Gasteiger partial charge in [-0.3, -0.25) is 4.79 Å². The zero-order valence-electron chi connectivity index (χ0n) is 18.6. The molecule has 0 saturated carbocycles. The molecule has 0 spiro atoms. The topological polar surface area (TPSA) is 95.0 Å². The van der Waals surface area contributed by atoms with E-state index < -0.39 is 0 Å². The molecular weight excluding hydrogens is 424 g/mol. The van der Waals surface area contributed by atoms with Crippen molar-refractivity contribution < 1.29 is 23.7 Å². The Hall–Kier alpha value is -3.85. The van der Waals surface area contributed by atoms with Gasteiger partial charge in [-0.15, -0.1) is 0 Å². The van der Waals surface area contributed by atoms with Crippen molar-refractivity contribution in [1.82, 2.24) is 15.3 Å². The molecule has 9 heteroatoms. The van der Waals surface area contributed by atoms with E-state index in [2.05, 4.69) is 20.2 Å². The normalized spacial score (nSPS) is 13.3. The summed E-state index contributed by atoms with van der Waals surface area (Å²) in [4.78, 5) is 23.5. The van der Waals surface area contributed by atoms with Gasteiger partial charge in [0.2, 0.25) is 0 Å². The van der Waals surface area contributed by atoms with Gasteiger partial charge in [0.05, 0.1) is 27.4 Å². The largest absolute Gasteiger partial charge is 0.497 e. The van der Waals surface area contributed by atoms with Gasteiger partial charge in [-0.1, -0.05) is 0 Å². The highest BCUT2D eigenvalue weighted by atomic mass is 16.5. The van der Waals surface area contributed by atoms with Gasteiger partial charge >= 0.3 is 0 Å². The van der Waals surface area contributed by atoms with E-state index in [-0.39, 0.29) is 5.91 Å². The Bertz CT molecular complexity index is 1080. The predicted octanol–water partition coefficient (Wildman–Crippen LogP) is 3.05. The van der Waals surface area contributed by atoms with Gasteiger partial charge in [-0.25, -0.2) is 9.97 Å². The van der Waals surface area contributed by atoms with Gasteiger partial charge in [0, 0.05) is 49.2 Å². The molecule has 2 heterocycles. The van der Waals surface area contributed by atoms with Crippen LogP contribution in [0.25, 0.3) is 0 Å². The third-order valence-corrected chi connectivity index (χ3v) is 5.22. The second-order valence-electron chi connectivity index (χ2n) is 7.27. The van der Waals surface area contributed by atoms with Gasteiger partial charge in [-0.05, 0) is 36.4 Å². The van der Waals surface area contributed by atoms with Crippen LogP contribution >= 0.6 is 0 Å². The molecular formula is C24H26N4O5. The van der Waals surface area contributed by atoms with E-state index in [1.165, 1.54) is 0 Å². The molecule has 3 aromatic rings. The molecule has 4 rings (SSSR count). The number of methoxy groups -OCH3 is 2. The number of carbonyl (C=O) groups excluding carboxylic acids is 1. The fraction of sp³-hybridized carbons (Fsp3) is 0.292. The molecule has 1 aliphatic heterocycles. The maximum absolute atomic E-state index is 12.6. The van der Waals surface area contributed by atoms with Crippen LogP contribution in [-0.4, -0.2) is 56.4 Å². The van der Waals surface area contributed by atoms with Crippen LogP contribution in [0.2, 0.25) is 0 Å². The molecule has 1 amide bonds. The van der Waals surface area contributed by atoms with Gasteiger partial charge < -0.3 is 29.2 Å². The quantitative estimate of drug-likeness (QED) is 0.560. The maximum Gasteiger partial charge on any atom is 0.263 e. The Labute approximate surface area is 192 Å². The number of nitrogens with one attached hydrogen (secondary N) is 1. The zero-order chi connectivity index (χ0) is 23.0. The number of ether oxygens (including phenoxy) is 4. The number of morpholine rings is 1. The molecule has 1 N–H and O–H groups in total. The molecule has 172 valence electrons. The smallest absolute Gasteiger partial charge is 0.263 e. The molecule has 33 heavy (non-hydrogen) atoms. The highest BCUT2D eigenvalue weighted by molar-refractivity contribution is 5.94. The standard InChI is InChI=1S/C24H26N4O5/c1-30-20-8-5-18(21(15-20)31-2)16-27-23(29)17-3-6-19(7-4-17)33-24-22(25-9-10-26-24)28-11-13-32-14-12-28/h3-10,15H,11-14,16H2,1-2H3,(H,27,29). The van der Waals surface area contributed by atoms with Crippen molar-refractivity contribution in [2.45, 2.75) is 6.54 Å². The Kier molecular flexibility index (Phi) is 7.21. The highest BCUT2D eigenvalue weighted by Crippen LogP contribution is 2.29. The van der Waals surface area contributed by atoms with E-state index >= 15 is 0 Å². The van der Waals surface area contributed by atoms with E-state index in [0.29, 0.717) is 54.3 Å². The minimum Gasteiger partial charge on any atom is -0.497 e. The molecule has 1 aromatic heterocycles. The second kappa shape index (κ2) is 10.6. The number of hydrogen-bond donors (Lipinski definition) is 1. The third kappa shape index (κ3) is 5.50. The van der Waals surface area contributed by atoms with Crippen molar-refractivity contribution in [3.63, 3.8) is 0 Å². The number of anilines is 1. The zero-order valence-corrected chi connectivity index (χ0v) is 18.6. The number of amides is 1. The highest BCUT2D eigenvalue weighted by Gasteiger charge is 2.18. The lowest BCUT2D eigenvalue weighted by Gasteiger charge is -2.28. The first-order valence-corrected chi connectivity index (χ1v) is 10.6. The summed E-state index contributed by atoms with van der Waals surface area (Å²) in [5.74, 6) is 2.81. The SMILES string of the molecule is COc1ccc(CNC(=O)c2ccc(Oc3nccnc3N3CCOCC3)cc2)c(OC)c1. The lowest BCUT2D eigenvalue weighted by molar-refractivity contribution is 0.0950. The van der Waals surface area contributed by atoms with Crippen LogP contribution in [0.1, 0.15) is 15.9 Å². The van der Waals surface area contributed by atoms with E-state index in [0.717, 1.165) is 18.7 Å². The Balaban J connectivity index is 1.39. The fourth-order valence-electron chi connectivity index (χ4n) is 3.44. The van der Waals surface area contributed by atoms with Crippen molar-refractivity contribution in [3.05, 3.63) is 66.0 Å². The van der Waals surface area contributed by atoms with Gasteiger partial charge in [-0.2, -0.15) is 0 Å². The van der Waals surface area contributed by atoms with Gasteiger partial charge in [0.1, 0.15) is 17.2 Å². The summed E-state index contributed by atoms with van der Waals surface area (Å²) in [5, 5.41) is 2.91. The average Bonchev–Trinajstić information content (AvgIpc) is 2.88. The summed E-state index contributed by atoms with van der Waals surface area (Å²) in [5.41, 5.74) is 1.37.